The third-order valence-corrected chi connectivity index (χ3v) is 2.14. The van der Waals surface area contributed by atoms with Gasteiger partial charge in [0.15, 0.2) is 0 Å². The van der Waals surface area contributed by atoms with Crippen LogP contribution in [0.2, 0.25) is 0 Å². The molecule has 0 heterocycles. The van der Waals surface area contributed by atoms with Gasteiger partial charge in [-0.1, -0.05) is 13.8 Å². The quantitative estimate of drug-likeness (QED) is 0.575. The van der Waals surface area contributed by atoms with E-state index in [0.717, 1.165) is 0 Å². The van der Waals surface area contributed by atoms with Gasteiger partial charge in [-0.3, -0.25) is 9.59 Å². The Hall–Kier alpha value is -1.10. The van der Waals surface area contributed by atoms with Gasteiger partial charge in [-0.05, 0) is 12.3 Å². The number of hydrogen-bond acceptors (Lipinski definition) is 3. The van der Waals surface area contributed by atoms with E-state index in [1.54, 1.807) is 6.92 Å². The van der Waals surface area contributed by atoms with Crippen molar-refractivity contribution in [2.45, 2.75) is 39.2 Å². The van der Waals surface area contributed by atoms with Crippen LogP contribution in [-0.2, 0) is 9.59 Å². The molecule has 0 aliphatic heterocycles. The van der Waals surface area contributed by atoms with Gasteiger partial charge in [0.25, 0.3) is 0 Å². The standard InChI is InChI=1S/C10H19NO4/c1-3-8(6-12)11-9(13)4-7(2)5-10(14)15/h7-8,12H,3-6H2,1-2H3,(H,11,13)(H,14,15). The van der Waals surface area contributed by atoms with Crippen molar-refractivity contribution in [3.8, 4) is 0 Å². The largest absolute Gasteiger partial charge is 0.481 e. The second kappa shape index (κ2) is 7.23. The molecule has 0 aliphatic rings. The molecule has 3 N–H and O–H groups in total. The van der Waals surface area contributed by atoms with Crippen molar-refractivity contribution in [1.29, 1.82) is 0 Å². The smallest absolute Gasteiger partial charge is 0.303 e. The Morgan fingerprint density at radius 2 is 1.93 bits per heavy atom. The summed E-state index contributed by atoms with van der Waals surface area (Å²) in [6.07, 6.45) is 0.835. The third kappa shape index (κ3) is 6.90. The fourth-order valence-corrected chi connectivity index (χ4v) is 1.25. The fourth-order valence-electron chi connectivity index (χ4n) is 1.25. The summed E-state index contributed by atoms with van der Waals surface area (Å²) >= 11 is 0. The van der Waals surface area contributed by atoms with E-state index in [9.17, 15) is 9.59 Å². The van der Waals surface area contributed by atoms with E-state index in [1.165, 1.54) is 0 Å². The third-order valence-electron chi connectivity index (χ3n) is 2.14. The number of carboxylic acid groups (broad SMARTS) is 1. The lowest BCUT2D eigenvalue weighted by molar-refractivity contribution is -0.138. The van der Waals surface area contributed by atoms with E-state index < -0.39 is 5.97 Å². The minimum atomic E-state index is -0.899. The van der Waals surface area contributed by atoms with Gasteiger partial charge in [0.05, 0.1) is 12.6 Å². The van der Waals surface area contributed by atoms with Crippen LogP contribution in [0.3, 0.4) is 0 Å². The van der Waals surface area contributed by atoms with Crippen molar-refractivity contribution in [1.82, 2.24) is 5.32 Å². The van der Waals surface area contributed by atoms with Crippen molar-refractivity contribution in [3.05, 3.63) is 0 Å². The van der Waals surface area contributed by atoms with E-state index in [1.807, 2.05) is 6.92 Å². The molecule has 0 radical (unpaired) electrons. The summed E-state index contributed by atoms with van der Waals surface area (Å²) in [4.78, 5) is 21.7. The maximum atomic E-state index is 11.3. The highest BCUT2D eigenvalue weighted by atomic mass is 16.4. The summed E-state index contributed by atoms with van der Waals surface area (Å²) < 4.78 is 0. The predicted molar refractivity (Wildman–Crippen MR) is 55.3 cm³/mol. The lowest BCUT2D eigenvalue weighted by Gasteiger charge is -2.15. The second-order valence-corrected chi connectivity index (χ2v) is 3.76. The van der Waals surface area contributed by atoms with Crippen molar-refractivity contribution in [3.63, 3.8) is 0 Å². The molecule has 88 valence electrons. The van der Waals surface area contributed by atoms with Crippen LogP contribution in [-0.4, -0.2) is 34.7 Å². The van der Waals surface area contributed by atoms with Gasteiger partial charge in [0.2, 0.25) is 5.91 Å². The average Bonchev–Trinajstić information content (AvgIpc) is 2.12. The van der Waals surface area contributed by atoms with Gasteiger partial charge in [-0.2, -0.15) is 0 Å². The normalized spacial score (nSPS) is 14.3. The number of carbonyl (C=O) groups excluding carboxylic acids is 1. The van der Waals surface area contributed by atoms with Crippen LogP contribution in [0, 0.1) is 5.92 Å². The first kappa shape index (κ1) is 13.9. The van der Waals surface area contributed by atoms with Crippen LogP contribution in [0.15, 0.2) is 0 Å². The van der Waals surface area contributed by atoms with Crippen LogP contribution in [0.1, 0.15) is 33.1 Å². The van der Waals surface area contributed by atoms with E-state index in [-0.39, 0.29) is 37.3 Å². The van der Waals surface area contributed by atoms with Gasteiger partial charge in [-0.25, -0.2) is 0 Å². The molecule has 0 saturated carbocycles. The lowest BCUT2D eigenvalue weighted by atomic mass is 10.0. The summed E-state index contributed by atoms with van der Waals surface area (Å²) in [6.45, 7) is 3.49. The Morgan fingerprint density at radius 1 is 1.33 bits per heavy atom. The van der Waals surface area contributed by atoms with Crippen LogP contribution in [0.5, 0.6) is 0 Å². The molecule has 0 bridgehead atoms. The topological polar surface area (TPSA) is 86.6 Å². The molecule has 5 nitrogen and oxygen atoms in total. The van der Waals surface area contributed by atoms with E-state index in [2.05, 4.69) is 5.32 Å². The summed E-state index contributed by atoms with van der Waals surface area (Å²) in [6, 6.07) is -0.227. The lowest BCUT2D eigenvalue weighted by Crippen LogP contribution is -2.37. The van der Waals surface area contributed by atoms with Crippen LogP contribution in [0.4, 0.5) is 0 Å². The Morgan fingerprint density at radius 3 is 2.33 bits per heavy atom. The number of carboxylic acids is 1. The summed E-state index contributed by atoms with van der Waals surface area (Å²) in [5, 5.41) is 20.0. The van der Waals surface area contributed by atoms with Gasteiger partial charge >= 0.3 is 5.97 Å². The van der Waals surface area contributed by atoms with Crippen LogP contribution >= 0.6 is 0 Å². The summed E-state index contributed by atoms with van der Waals surface area (Å²) in [7, 11) is 0. The molecule has 2 unspecified atom stereocenters. The Bertz CT molecular complexity index is 213. The van der Waals surface area contributed by atoms with Crippen LogP contribution < -0.4 is 5.32 Å². The molecule has 0 rings (SSSR count). The molecule has 2 atom stereocenters. The summed E-state index contributed by atoms with van der Waals surface area (Å²) in [5.41, 5.74) is 0. The molecule has 0 spiro atoms. The number of nitrogens with one attached hydrogen (secondary N) is 1. The highest BCUT2D eigenvalue weighted by Crippen LogP contribution is 2.07. The van der Waals surface area contributed by atoms with E-state index in [4.69, 9.17) is 10.2 Å². The number of aliphatic hydroxyl groups excluding tert-OH is 1. The molecule has 0 fully saturated rings. The average molecular weight is 217 g/mol. The molecule has 1 amide bonds. The highest BCUT2D eigenvalue weighted by molar-refractivity contribution is 5.77. The zero-order valence-corrected chi connectivity index (χ0v) is 9.19. The van der Waals surface area contributed by atoms with Gasteiger partial charge in [0.1, 0.15) is 0 Å². The SMILES string of the molecule is CCC(CO)NC(=O)CC(C)CC(=O)O. The summed E-state index contributed by atoms with van der Waals surface area (Å²) in [5.74, 6) is -1.28. The van der Waals surface area contributed by atoms with Crippen molar-refractivity contribution in [2.75, 3.05) is 6.61 Å². The van der Waals surface area contributed by atoms with Gasteiger partial charge < -0.3 is 15.5 Å². The molecule has 15 heavy (non-hydrogen) atoms. The molecular formula is C10H19NO4. The predicted octanol–water partition coefficient (Wildman–Crippen LogP) is 0.374. The molecule has 0 aliphatic carbocycles. The Kier molecular flexibility index (Phi) is 6.70. The number of carbonyl (C=O) groups is 2. The molecule has 0 saturated heterocycles. The number of rotatable bonds is 7. The number of amides is 1. The molecular weight excluding hydrogens is 198 g/mol. The molecule has 0 aromatic heterocycles. The molecule has 0 aromatic carbocycles. The maximum absolute atomic E-state index is 11.3. The first-order valence-corrected chi connectivity index (χ1v) is 5.11. The first-order valence-electron chi connectivity index (χ1n) is 5.11. The molecule has 0 aromatic rings. The minimum Gasteiger partial charge on any atom is -0.481 e. The second-order valence-electron chi connectivity index (χ2n) is 3.76. The zero-order valence-electron chi connectivity index (χ0n) is 9.19. The van der Waals surface area contributed by atoms with Crippen molar-refractivity contribution < 1.29 is 19.8 Å². The van der Waals surface area contributed by atoms with Crippen molar-refractivity contribution in [2.24, 2.45) is 5.92 Å². The van der Waals surface area contributed by atoms with E-state index >= 15 is 0 Å². The number of hydrogen-bond donors (Lipinski definition) is 3. The Labute approximate surface area is 89.5 Å². The maximum Gasteiger partial charge on any atom is 0.303 e. The van der Waals surface area contributed by atoms with Crippen molar-refractivity contribution >= 4 is 11.9 Å². The van der Waals surface area contributed by atoms with Gasteiger partial charge in [0, 0.05) is 12.8 Å². The zero-order chi connectivity index (χ0) is 11.8. The molecule has 5 heteroatoms. The Balaban J connectivity index is 3.86. The van der Waals surface area contributed by atoms with Gasteiger partial charge in [-0.15, -0.1) is 0 Å². The highest BCUT2D eigenvalue weighted by Gasteiger charge is 2.14. The van der Waals surface area contributed by atoms with Crippen LogP contribution in [0.25, 0.3) is 0 Å². The number of aliphatic carboxylic acids is 1. The van der Waals surface area contributed by atoms with E-state index in [0.29, 0.717) is 6.42 Å². The number of aliphatic hydroxyl groups is 1. The minimum absolute atomic E-state index is 0.0106. The first-order chi connectivity index (χ1) is 6.99. The fraction of sp³-hybridized carbons (Fsp3) is 0.800. The monoisotopic (exact) mass is 217 g/mol.